The van der Waals surface area contributed by atoms with Crippen LogP contribution in [0, 0.1) is 5.92 Å². The predicted octanol–water partition coefficient (Wildman–Crippen LogP) is 4.18. The highest BCUT2D eigenvalue weighted by Crippen LogP contribution is 2.12. The van der Waals surface area contributed by atoms with Crippen molar-refractivity contribution in [2.24, 2.45) is 5.92 Å². The smallest absolute Gasteiger partial charge is 0.333 e. The normalized spacial score (nSPS) is 13.0. The average molecular weight is 357 g/mol. The number of hydrogen-bond acceptors (Lipinski definition) is 5. The van der Waals surface area contributed by atoms with Crippen molar-refractivity contribution in [2.75, 3.05) is 13.2 Å². The van der Waals surface area contributed by atoms with Gasteiger partial charge in [0, 0.05) is 12.0 Å². The van der Waals surface area contributed by atoms with Gasteiger partial charge in [-0.25, -0.2) is 4.79 Å². The van der Waals surface area contributed by atoms with E-state index in [0.717, 1.165) is 25.2 Å². The van der Waals surface area contributed by atoms with E-state index >= 15 is 0 Å². The number of carbonyl (C=O) groups is 2. The molecule has 0 aliphatic carbocycles. The van der Waals surface area contributed by atoms with E-state index in [1.807, 2.05) is 0 Å². The first-order valence-corrected chi connectivity index (χ1v) is 9.50. The maximum atomic E-state index is 11.6. The number of aliphatic hydroxyl groups is 1. The van der Waals surface area contributed by atoms with E-state index in [0.29, 0.717) is 12.0 Å². The molecule has 1 unspecified atom stereocenters. The molecular formula is C20H36O5. The van der Waals surface area contributed by atoms with Crippen LogP contribution >= 0.6 is 0 Å². The van der Waals surface area contributed by atoms with E-state index in [4.69, 9.17) is 9.47 Å². The highest BCUT2D eigenvalue weighted by molar-refractivity contribution is 5.87. The second-order valence-corrected chi connectivity index (χ2v) is 6.96. The molecular weight excluding hydrogens is 320 g/mol. The minimum atomic E-state index is -0.987. The van der Waals surface area contributed by atoms with Gasteiger partial charge in [0.2, 0.25) is 0 Å². The van der Waals surface area contributed by atoms with Gasteiger partial charge in [0.25, 0.3) is 0 Å². The van der Waals surface area contributed by atoms with Crippen molar-refractivity contribution in [3.05, 3.63) is 11.6 Å². The molecule has 0 spiro atoms. The van der Waals surface area contributed by atoms with Crippen molar-refractivity contribution in [1.82, 2.24) is 0 Å². The molecule has 1 atom stereocenters. The molecule has 5 nitrogen and oxygen atoms in total. The standard InChI is InChI=1S/C20H36O5/c1-5-17(4)20(23)25-15-18(21)14-24-19(22)13-11-9-7-6-8-10-12-16(2)3/h5,16,18,21H,6-15H2,1-4H3/b17-5+. The summed E-state index contributed by atoms with van der Waals surface area (Å²) in [6.45, 7) is 7.55. The molecule has 0 aromatic rings. The molecule has 0 aromatic heterocycles. The van der Waals surface area contributed by atoms with Crippen molar-refractivity contribution in [1.29, 1.82) is 0 Å². The van der Waals surface area contributed by atoms with Crippen LogP contribution in [-0.2, 0) is 19.1 Å². The fourth-order valence-corrected chi connectivity index (χ4v) is 2.24. The quantitative estimate of drug-likeness (QED) is 0.287. The number of unbranched alkanes of at least 4 members (excludes halogenated alkanes) is 5. The summed E-state index contributed by atoms with van der Waals surface area (Å²) in [7, 11) is 0. The largest absolute Gasteiger partial charge is 0.463 e. The van der Waals surface area contributed by atoms with Gasteiger partial charge >= 0.3 is 11.9 Å². The number of hydrogen-bond donors (Lipinski definition) is 1. The highest BCUT2D eigenvalue weighted by atomic mass is 16.6. The Kier molecular flexibility index (Phi) is 14.1. The monoisotopic (exact) mass is 356 g/mol. The molecule has 0 bridgehead atoms. The van der Waals surface area contributed by atoms with E-state index < -0.39 is 12.1 Å². The lowest BCUT2D eigenvalue weighted by molar-refractivity contribution is -0.150. The van der Waals surface area contributed by atoms with E-state index in [1.165, 1.54) is 25.7 Å². The third kappa shape index (κ3) is 14.7. The van der Waals surface area contributed by atoms with Gasteiger partial charge in [0.1, 0.15) is 19.3 Å². The molecule has 0 aliphatic heterocycles. The van der Waals surface area contributed by atoms with Crippen LogP contribution in [0.25, 0.3) is 0 Å². The molecule has 25 heavy (non-hydrogen) atoms. The van der Waals surface area contributed by atoms with Gasteiger partial charge in [-0.05, 0) is 26.2 Å². The van der Waals surface area contributed by atoms with Crippen LogP contribution in [0.3, 0.4) is 0 Å². The Morgan fingerprint density at radius 3 is 2.12 bits per heavy atom. The molecule has 1 N–H and O–H groups in total. The molecule has 0 aromatic carbocycles. The Balaban J connectivity index is 3.56. The van der Waals surface area contributed by atoms with Crippen molar-refractivity contribution in [2.45, 2.75) is 85.2 Å². The summed E-state index contributed by atoms with van der Waals surface area (Å²) >= 11 is 0. The third-order valence-electron chi connectivity index (χ3n) is 4.01. The summed E-state index contributed by atoms with van der Waals surface area (Å²) in [6, 6.07) is 0. The molecule has 0 amide bonds. The molecule has 0 saturated heterocycles. The van der Waals surface area contributed by atoms with Crippen LogP contribution in [0.15, 0.2) is 11.6 Å². The second-order valence-electron chi connectivity index (χ2n) is 6.96. The molecule has 0 radical (unpaired) electrons. The van der Waals surface area contributed by atoms with Crippen molar-refractivity contribution in [3.63, 3.8) is 0 Å². The topological polar surface area (TPSA) is 72.8 Å². The molecule has 0 fully saturated rings. The summed E-state index contributed by atoms with van der Waals surface area (Å²) in [4.78, 5) is 23.0. The van der Waals surface area contributed by atoms with Gasteiger partial charge < -0.3 is 14.6 Å². The van der Waals surface area contributed by atoms with Gasteiger partial charge in [-0.1, -0.05) is 58.4 Å². The number of carbonyl (C=O) groups excluding carboxylic acids is 2. The summed E-state index contributed by atoms with van der Waals surface area (Å²) < 4.78 is 9.90. The second kappa shape index (κ2) is 14.9. The van der Waals surface area contributed by atoms with Gasteiger partial charge in [-0.15, -0.1) is 0 Å². The van der Waals surface area contributed by atoms with Crippen molar-refractivity contribution in [3.8, 4) is 0 Å². The van der Waals surface area contributed by atoms with Crippen LogP contribution < -0.4 is 0 Å². The lowest BCUT2D eigenvalue weighted by atomic mass is 10.0. The lowest BCUT2D eigenvalue weighted by Crippen LogP contribution is -2.25. The molecule has 0 saturated carbocycles. The average Bonchev–Trinajstić information content (AvgIpc) is 2.58. The van der Waals surface area contributed by atoms with Crippen molar-refractivity contribution >= 4 is 11.9 Å². The SMILES string of the molecule is C/C=C(\C)C(=O)OCC(O)COC(=O)CCCCCCCCC(C)C. The fraction of sp³-hybridized carbons (Fsp3) is 0.800. The number of rotatable bonds is 14. The van der Waals surface area contributed by atoms with Crippen molar-refractivity contribution < 1.29 is 24.2 Å². The number of ether oxygens (including phenoxy) is 2. The zero-order valence-corrected chi connectivity index (χ0v) is 16.4. The minimum absolute atomic E-state index is 0.143. The van der Waals surface area contributed by atoms with E-state index in [1.54, 1.807) is 19.9 Å². The predicted molar refractivity (Wildman–Crippen MR) is 99.1 cm³/mol. The van der Waals surface area contributed by atoms with Crippen LogP contribution in [0.2, 0.25) is 0 Å². The Morgan fingerprint density at radius 2 is 1.52 bits per heavy atom. The number of esters is 2. The number of aliphatic hydroxyl groups excluding tert-OH is 1. The molecule has 0 heterocycles. The van der Waals surface area contributed by atoms with E-state index in [-0.39, 0.29) is 19.2 Å². The van der Waals surface area contributed by atoms with Gasteiger partial charge in [0.05, 0.1) is 0 Å². The Bertz CT molecular complexity index is 401. The summed E-state index contributed by atoms with van der Waals surface area (Å²) in [5.74, 6) is -0.00290. The van der Waals surface area contributed by atoms with Gasteiger partial charge in [0.15, 0.2) is 0 Å². The molecule has 0 aliphatic rings. The Hall–Kier alpha value is -1.36. The third-order valence-corrected chi connectivity index (χ3v) is 4.01. The minimum Gasteiger partial charge on any atom is -0.463 e. The maximum absolute atomic E-state index is 11.6. The summed E-state index contributed by atoms with van der Waals surface area (Å²) in [6.07, 6.45) is 9.07. The van der Waals surface area contributed by atoms with Crippen LogP contribution in [0.5, 0.6) is 0 Å². The van der Waals surface area contributed by atoms with Gasteiger partial charge in [-0.3, -0.25) is 4.79 Å². The fourth-order valence-electron chi connectivity index (χ4n) is 2.24. The number of allylic oxidation sites excluding steroid dienone is 1. The summed E-state index contributed by atoms with van der Waals surface area (Å²) in [5.41, 5.74) is 0.480. The highest BCUT2D eigenvalue weighted by Gasteiger charge is 2.12. The van der Waals surface area contributed by atoms with E-state index in [2.05, 4.69) is 13.8 Å². The van der Waals surface area contributed by atoms with Crippen LogP contribution in [-0.4, -0.2) is 36.4 Å². The first kappa shape index (κ1) is 23.6. The van der Waals surface area contributed by atoms with Crippen LogP contribution in [0.4, 0.5) is 0 Å². The molecule has 146 valence electrons. The summed E-state index contributed by atoms with van der Waals surface area (Å²) in [5, 5.41) is 9.66. The molecule has 5 heteroatoms. The zero-order chi connectivity index (χ0) is 19.1. The first-order chi connectivity index (χ1) is 11.9. The lowest BCUT2D eigenvalue weighted by Gasteiger charge is -2.12. The Morgan fingerprint density at radius 1 is 0.960 bits per heavy atom. The first-order valence-electron chi connectivity index (χ1n) is 9.50. The maximum Gasteiger partial charge on any atom is 0.333 e. The Labute approximate surface area is 152 Å². The van der Waals surface area contributed by atoms with Gasteiger partial charge in [-0.2, -0.15) is 0 Å². The van der Waals surface area contributed by atoms with Crippen LogP contribution in [0.1, 0.15) is 79.1 Å². The molecule has 0 rings (SSSR count). The van der Waals surface area contributed by atoms with E-state index in [9.17, 15) is 14.7 Å². The zero-order valence-electron chi connectivity index (χ0n) is 16.4.